The molecule has 2 saturated carbocycles. The lowest BCUT2D eigenvalue weighted by Crippen LogP contribution is -2.38. The van der Waals surface area contributed by atoms with Gasteiger partial charge in [-0.05, 0) is 49.9 Å². The fraction of sp³-hybridized carbons (Fsp3) is 0.867. The number of ether oxygens (including phenoxy) is 2. The van der Waals surface area contributed by atoms with Crippen LogP contribution in [-0.2, 0) is 9.47 Å². The van der Waals surface area contributed by atoms with Crippen LogP contribution in [0.25, 0.3) is 0 Å². The minimum atomic E-state index is 0.495. The van der Waals surface area contributed by atoms with Crippen molar-refractivity contribution >= 4 is 0 Å². The van der Waals surface area contributed by atoms with Gasteiger partial charge >= 0.3 is 0 Å². The first-order valence-electron chi connectivity index (χ1n) is 7.08. The molecular weight excluding hydrogens is 212 g/mol. The molecule has 4 atom stereocenters. The number of allylic oxidation sites excluding steroid dienone is 1. The number of hydrogen-bond donors (Lipinski definition) is 0. The lowest BCUT2D eigenvalue weighted by atomic mass is 9.66. The van der Waals surface area contributed by atoms with Gasteiger partial charge < -0.3 is 9.47 Å². The van der Waals surface area contributed by atoms with Crippen LogP contribution in [0.15, 0.2) is 12.7 Å². The third-order valence-electron chi connectivity index (χ3n) is 4.58. The lowest BCUT2D eigenvalue weighted by Gasteiger charge is -2.43. The quantitative estimate of drug-likeness (QED) is 0.540. The average molecular weight is 238 g/mol. The summed E-state index contributed by atoms with van der Waals surface area (Å²) < 4.78 is 11.1. The number of rotatable bonds is 5. The van der Waals surface area contributed by atoms with E-state index < -0.39 is 0 Å². The normalized spacial score (nSPS) is 37.5. The van der Waals surface area contributed by atoms with Crippen molar-refractivity contribution in [3.63, 3.8) is 0 Å². The van der Waals surface area contributed by atoms with E-state index in [1.54, 1.807) is 7.11 Å². The molecule has 0 amide bonds. The van der Waals surface area contributed by atoms with Crippen molar-refractivity contribution in [1.29, 1.82) is 0 Å². The molecule has 0 radical (unpaired) electrons. The smallest absolute Gasteiger partial charge is 0.0704 e. The Kier molecular flexibility index (Phi) is 5.05. The maximum atomic E-state index is 6.01. The van der Waals surface area contributed by atoms with E-state index in [9.17, 15) is 0 Å². The Morgan fingerprint density at radius 3 is 2.82 bits per heavy atom. The van der Waals surface area contributed by atoms with Crippen LogP contribution >= 0.6 is 0 Å². The van der Waals surface area contributed by atoms with Crippen LogP contribution < -0.4 is 0 Å². The van der Waals surface area contributed by atoms with Crippen LogP contribution in [0.4, 0.5) is 0 Å². The zero-order valence-corrected chi connectivity index (χ0v) is 11.1. The van der Waals surface area contributed by atoms with Crippen molar-refractivity contribution in [2.24, 2.45) is 17.8 Å². The molecule has 0 bridgehead atoms. The summed E-state index contributed by atoms with van der Waals surface area (Å²) in [6.07, 6.45) is 10.6. The van der Waals surface area contributed by atoms with E-state index in [-0.39, 0.29) is 0 Å². The van der Waals surface area contributed by atoms with Crippen LogP contribution in [0.3, 0.4) is 0 Å². The molecule has 98 valence electrons. The molecule has 0 aromatic rings. The molecule has 0 aromatic carbocycles. The largest absolute Gasteiger partial charge is 0.382 e. The second kappa shape index (κ2) is 6.55. The Balaban J connectivity index is 1.85. The first kappa shape index (κ1) is 13.1. The van der Waals surface area contributed by atoms with Gasteiger partial charge in [0, 0.05) is 7.11 Å². The molecule has 0 spiro atoms. The zero-order valence-electron chi connectivity index (χ0n) is 11.1. The molecule has 17 heavy (non-hydrogen) atoms. The first-order chi connectivity index (χ1) is 8.35. The second-order valence-corrected chi connectivity index (χ2v) is 5.57. The topological polar surface area (TPSA) is 18.5 Å². The fourth-order valence-electron chi connectivity index (χ4n) is 3.64. The van der Waals surface area contributed by atoms with Crippen LogP contribution in [0.5, 0.6) is 0 Å². The fourth-order valence-corrected chi connectivity index (χ4v) is 3.64. The van der Waals surface area contributed by atoms with E-state index in [2.05, 4.69) is 12.7 Å². The number of fused-ring (bicyclic) bond motifs is 1. The first-order valence-corrected chi connectivity index (χ1v) is 7.08. The molecule has 2 fully saturated rings. The van der Waals surface area contributed by atoms with Crippen molar-refractivity contribution in [2.45, 2.75) is 44.6 Å². The molecule has 2 aliphatic rings. The molecule has 0 N–H and O–H groups in total. The molecule has 2 heteroatoms. The molecule has 2 nitrogen and oxygen atoms in total. The van der Waals surface area contributed by atoms with Gasteiger partial charge in [0.25, 0.3) is 0 Å². The van der Waals surface area contributed by atoms with E-state index in [0.29, 0.717) is 6.10 Å². The van der Waals surface area contributed by atoms with Crippen LogP contribution in [0.2, 0.25) is 0 Å². The van der Waals surface area contributed by atoms with Gasteiger partial charge in [-0.1, -0.05) is 12.5 Å². The highest BCUT2D eigenvalue weighted by Crippen LogP contribution is 2.44. The van der Waals surface area contributed by atoms with Gasteiger partial charge in [0.05, 0.1) is 19.3 Å². The van der Waals surface area contributed by atoms with Gasteiger partial charge in [0.1, 0.15) is 0 Å². The van der Waals surface area contributed by atoms with E-state index in [0.717, 1.165) is 31.0 Å². The standard InChI is InChI=1S/C15H26O2/c1-3-12-7-8-14-13(11-12)5-4-6-15(14)17-10-9-16-2/h3,12-15H,1,4-11H2,2H3. The number of hydrogen-bond acceptors (Lipinski definition) is 2. The van der Waals surface area contributed by atoms with E-state index >= 15 is 0 Å². The molecule has 2 rings (SSSR count). The highest BCUT2D eigenvalue weighted by Gasteiger charge is 2.37. The van der Waals surface area contributed by atoms with Gasteiger partial charge in [-0.2, -0.15) is 0 Å². The summed E-state index contributed by atoms with van der Waals surface area (Å²) in [6, 6.07) is 0. The second-order valence-electron chi connectivity index (χ2n) is 5.57. The van der Waals surface area contributed by atoms with E-state index in [4.69, 9.17) is 9.47 Å². The maximum absolute atomic E-state index is 6.01. The lowest BCUT2D eigenvalue weighted by molar-refractivity contribution is -0.0638. The van der Waals surface area contributed by atoms with Gasteiger partial charge in [-0.15, -0.1) is 6.58 Å². The minimum Gasteiger partial charge on any atom is -0.382 e. The Bertz CT molecular complexity index is 239. The predicted molar refractivity (Wildman–Crippen MR) is 70.0 cm³/mol. The summed E-state index contributed by atoms with van der Waals surface area (Å²) in [7, 11) is 1.74. The highest BCUT2D eigenvalue weighted by atomic mass is 16.5. The Hall–Kier alpha value is -0.340. The third-order valence-corrected chi connectivity index (χ3v) is 4.58. The summed E-state index contributed by atoms with van der Waals surface area (Å²) in [5.41, 5.74) is 0. The van der Waals surface area contributed by atoms with Gasteiger partial charge in [0.2, 0.25) is 0 Å². The van der Waals surface area contributed by atoms with Crippen molar-refractivity contribution < 1.29 is 9.47 Å². The predicted octanol–water partition coefficient (Wildman–Crippen LogP) is 3.42. The molecule has 0 saturated heterocycles. The Morgan fingerprint density at radius 2 is 2.06 bits per heavy atom. The summed E-state index contributed by atoms with van der Waals surface area (Å²) in [5.74, 6) is 2.44. The monoisotopic (exact) mass is 238 g/mol. The maximum Gasteiger partial charge on any atom is 0.0704 e. The van der Waals surface area contributed by atoms with E-state index in [1.807, 2.05) is 0 Å². The summed E-state index contributed by atoms with van der Waals surface area (Å²) >= 11 is 0. The summed E-state index contributed by atoms with van der Waals surface area (Å²) in [6.45, 7) is 5.44. The Labute approximate surface area is 105 Å². The van der Waals surface area contributed by atoms with E-state index in [1.165, 1.54) is 38.5 Å². The highest BCUT2D eigenvalue weighted by molar-refractivity contribution is 4.93. The van der Waals surface area contributed by atoms with Gasteiger partial charge in [0.15, 0.2) is 0 Å². The van der Waals surface area contributed by atoms with Crippen molar-refractivity contribution in [3.8, 4) is 0 Å². The van der Waals surface area contributed by atoms with Crippen molar-refractivity contribution in [2.75, 3.05) is 20.3 Å². The van der Waals surface area contributed by atoms with Gasteiger partial charge in [-0.25, -0.2) is 0 Å². The average Bonchev–Trinajstić information content (AvgIpc) is 2.38. The zero-order chi connectivity index (χ0) is 12.1. The minimum absolute atomic E-state index is 0.495. The number of methoxy groups -OCH3 is 1. The van der Waals surface area contributed by atoms with Crippen molar-refractivity contribution in [1.82, 2.24) is 0 Å². The molecule has 0 aromatic heterocycles. The summed E-state index contributed by atoms with van der Waals surface area (Å²) in [5, 5.41) is 0. The molecular formula is C15H26O2. The molecule has 4 unspecified atom stereocenters. The molecule has 2 aliphatic carbocycles. The third kappa shape index (κ3) is 3.32. The van der Waals surface area contributed by atoms with Crippen LogP contribution in [0.1, 0.15) is 38.5 Å². The van der Waals surface area contributed by atoms with Crippen LogP contribution in [-0.4, -0.2) is 26.4 Å². The Morgan fingerprint density at radius 1 is 1.18 bits per heavy atom. The van der Waals surface area contributed by atoms with Crippen LogP contribution in [0, 0.1) is 17.8 Å². The molecule has 0 aliphatic heterocycles. The van der Waals surface area contributed by atoms with Gasteiger partial charge in [-0.3, -0.25) is 0 Å². The molecule has 0 heterocycles. The summed E-state index contributed by atoms with van der Waals surface area (Å²) in [4.78, 5) is 0. The SMILES string of the molecule is C=CC1CCC2C(CCCC2OCCOC)C1. The van der Waals surface area contributed by atoms with Crippen molar-refractivity contribution in [3.05, 3.63) is 12.7 Å².